The Labute approximate surface area is 160 Å². The summed E-state index contributed by atoms with van der Waals surface area (Å²) in [7, 11) is 3.96. The van der Waals surface area contributed by atoms with Gasteiger partial charge in [0.05, 0.1) is 6.61 Å². The van der Waals surface area contributed by atoms with E-state index in [-0.39, 0.29) is 5.91 Å². The van der Waals surface area contributed by atoms with Gasteiger partial charge >= 0.3 is 0 Å². The molecule has 138 valence electrons. The smallest absolute Gasteiger partial charge is 0.226 e. The summed E-state index contributed by atoms with van der Waals surface area (Å²) in [4.78, 5) is 14.0. The number of rotatable bonds is 7. The summed E-state index contributed by atoms with van der Waals surface area (Å²) in [6.45, 7) is 2.52. The lowest BCUT2D eigenvalue weighted by Crippen LogP contribution is -2.34. The van der Waals surface area contributed by atoms with Gasteiger partial charge in [-0.3, -0.25) is 4.79 Å². The van der Waals surface area contributed by atoms with Gasteiger partial charge in [-0.05, 0) is 62.0 Å². The van der Waals surface area contributed by atoms with Gasteiger partial charge in [0, 0.05) is 31.9 Å². The van der Waals surface area contributed by atoms with Gasteiger partial charge in [-0.2, -0.15) is 0 Å². The highest BCUT2D eigenvalue weighted by Gasteiger charge is 2.05. The molecule has 0 aliphatic carbocycles. The fraction of sp³-hybridized carbons (Fsp3) is 0.300. The van der Waals surface area contributed by atoms with Gasteiger partial charge in [0.15, 0.2) is 5.11 Å². The van der Waals surface area contributed by atoms with E-state index in [2.05, 4.69) is 10.6 Å². The molecule has 0 aliphatic heterocycles. The maximum Gasteiger partial charge on any atom is 0.226 e. The normalized spacial score (nSPS) is 10.1. The number of thiocarbonyl (C=S) groups is 1. The molecule has 2 aromatic carbocycles. The van der Waals surface area contributed by atoms with Gasteiger partial charge in [0.2, 0.25) is 5.91 Å². The molecule has 0 saturated carbocycles. The van der Waals surface area contributed by atoms with E-state index in [1.165, 1.54) is 5.56 Å². The standard InChI is InChI=1S/C20H25N3O2S/c1-15-6-12-18(13-7-15)25-14-4-5-19(24)22-20(26)21-16-8-10-17(11-9-16)23(2)3/h6-13H,4-5,14H2,1-3H3,(H2,21,22,24,26). The zero-order chi connectivity index (χ0) is 18.9. The Hall–Kier alpha value is -2.60. The molecule has 0 radical (unpaired) electrons. The topological polar surface area (TPSA) is 53.6 Å². The lowest BCUT2D eigenvalue weighted by atomic mass is 10.2. The number of benzene rings is 2. The van der Waals surface area contributed by atoms with Crippen LogP contribution in [0.1, 0.15) is 18.4 Å². The summed E-state index contributed by atoms with van der Waals surface area (Å²) in [5.41, 5.74) is 3.12. The summed E-state index contributed by atoms with van der Waals surface area (Å²) in [6, 6.07) is 15.7. The average Bonchev–Trinajstić information content (AvgIpc) is 2.60. The predicted molar refractivity (Wildman–Crippen MR) is 111 cm³/mol. The van der Waals surface area contributed by atoms with Crippen molar-refractivity contribution in [3.8, 4) is 5.75 Å². The van der Waals surface area contributed by atoms with Gasteiger partial charge < -0.3 is 20.3 Å². The van der Waals surface area contributed by atoms with Crippen molar-refractivity contribution in [2.45, 2.75) is 19.8 Å². The Kier molecular flexibility index (Phi) is 7.41. The quantitative estimate of drug-likeness (QED) is 0.574. The van der Waals surface area contributed by atoms with Crippen molar-refractivity contribution in [2.24, 2.45) is 0 Å². The molecule has 0 aromatic heterocycles. The molecule has 2 N–H and O–H groups in total. The summed E-state index contributed by atoms with van der Waals surface area (Å²) in [5.74, 6) is 0.689. The van der Waals surface area contributed by atoms with Crippen LogP contribution < -0.4 is 20.3 Å². The summed E-state index contributed by atoms with van der Waals surface area (Å²) in [5, 5.41) is 6.00. The van der Waals surface area contributed by atoms with Gasteiger partial charge in [0.1, 0.15) is 5.75 Å². The SMILES string of the molecule is Cc1ccc(OCCCC(=O)NC(=S)Nc2ccc(N(C)C)cc2)cc1. The van der Waals surface area contributed by atoms with Crippen LogP contribution in [0.3, 0.4) is 0 Å². The highest BCUT2D eigenvalue weighted by atomic mass is 32.1. The van der Waals surface area contributed by atoms with E-state index in [1.807, 2.05) is 74.4 Å². The van der Waals surface area contributed by atoms with E-state index < -0.39 is 0 Å². The number of hydrogen-bond donors (Lipinski definition) is 2. The van der Waals surface area contributed by atoms with Crippen LogP contribution in [0.25, 0.3) is 0 Å². The van der Waals surface area contributed by atoms with Gasteiger partial charge in [-0.25, -0.2) is 0 Å². The Morgan fingerprint density at radius 1 is 1.08 bits per heavy atom. The third kappa shape index (κ3) is 6.72. The molecule has 0 atom stereocenters. The first-order valence-electron chi connectivity index (χ1n) is 8.52. The second-order valence-electron chi connectivity index (χ2n) is 6.21. The first-order chi connectivity index (χ1) is 12.4. The van der Waals surface area contributed by atoms with Crippen LogP contribution in [-0.2, 0) is 4.79 Å². The molecule has 2 rings (SSSR count). The minimum Gasteiger partial charge on any atom is -0.494 e. The maximum absolute atomic E-state index is 11.9. The number of carbonyl (C=O) groups excluding carboxylic acids is 1. The first kappa shape index (κ1) is 19.7. The van der Waals surface area contributed by atoms with Crippen LogP contribution in [0.2, 0.25) is 0 Å². The second kappa shape index (κ2) is 9.77. The number of hydrogen-bond acceptors (Lipinski definition) is 4. The third-order valence-electron chi connectivity index (χ3n) is 3.73. The van der Waals surface area contributed by atoms with Crippen molar-refractivity contribution in [3.63, 3.8) is 0 Å². The Balaban J connectivity index is 1.66. The lowest BCUT2D eigenvalue weighted by molar-refractivity contribution is -0.119. The predicted octanol–water partition coefficient (Wildman–Crippen LogP) is 3.73. The van der Waals surface area contributed by atoms with Crippen LogP contribution in [0, 0.1) is 6.92 Å². The highest BCUT2D eigenvalue weighted by molar-refractivity contribution is 7.80. The lowest BCUT2D eigenvalue weighted by Gasteiger charge is -2.14. The fourth-order valence-electron chi connectivity index (χ4n) is 2.25. The number of ether oxygens (including phenoxy) is 1. The molecule has 0 aliphatic rings. The van der Waals surface area contributed by atoms with Crippen molar-refractivity contribution < 1.29 is 9.53 Å². The fourth-order valence-corrected chi connectivity index (χ4v) is 2.48. The van der Waals surface area contributed by atoms with E-state index in [4.69, 9.17) is 17.0 Å². The molecule has 5 nitrogen and oxygen atoms in total. The molecule has 0 saturated heterocycles. The monoisotopic (exact) mass is 371 g/mol. The molecule has 0 bridgehead atoms. The van der Waals surface area contributed by atoms with Gasteiger partial charge in [-0.15, -0.1) is 0 Å². The van der Waals surface area contributed by atoms with E-state index in [0.29, 0.717) is 24.6 Å². The van der Waals surface area contributed by atoms with E-state index in [1.54, 1.807) is 0 Å². The Morgan fingerprint density at radius 3 is 2.35 bits per heavy atom. The summed E-state index contributed by atoms with van der Waals surface area (Å²) < 4.78 is 5.61. The number of carbonyl (C=O) groups is 1. The third-order valence-corrected chi connectivity index (χ3v) is 3.94. The first-order valence-corrected chi connectivity index (χ1v) is 8.92. The molecule has 6 heteroatoms. The van der Waals surface area contributed by atoms with Crippen LogP contribution in [0.4, 0.5) is 11.4 Å². The molecule has 2 aromatic rings. The molecular weight excluding hydrogens is 346 g/mol. The molecule has 0 spiro atoms. The zero-order valence-corrected chi connectivity index (χ0v) is 16.2. The zero-order valence-electron chi connectivity index (χ0n) is 15.4. The number of nitrogens with one attached hydrogen (secondary N) is 2. The number of nitrogens with zero attached hydrogens (tertiary/aromatic N) is 1. The Morgan fingerprint density at radius 2 is 1.73 bits per heavy atom. The van der Waals surface area contributed by atoms with Crippen molar-refractivity contribution in [3.05, 3.63) is 54.1 Å². The number of amides is 1. The van der Waals surface area contributed by atoms with Crippen molar-refractivity contribution >= 4 is 34.6 Å². The summed E-state index contributed by atoms with van der Waals surface area (Å²) in [6.07, 6.45) is 0.979. The van der Waals surface area contributed by atoms with Gasteiger partial charge in [0.25, 0.3) is 0 Å². The largest absolute Gasteiger partial charge is 0.494 e. The molecule has 0 unspecified atom stereocenters. The molecule has 0 heterocycles. The van der Waals surface area contributed by atoms with Crippen molar-refractivity contribution in [1.82, 2.24) is 5.32 Å². The molecular formula is C20H25N3O2S. The molecule has 26 heavy (non-hydrogen) atoms. The highest BCUT2D eigenvalue weighted by Crippen LogP contribution is 2.15. The minimum atomic E-state index is -0.125. The van der Waals surface area contributed by atoms with Crippen LogP contribution in [0.5, 0.6) is 5.75 Å². The van der Waals surface area contributed by atoms with Crippen molar-refractivity contribution in [2.75, 3.05) is 30.9 Å². The number of aryl methyl sites for hydroxylation is 1. The molecule has 0 fully saturated rings. The second-order valence-corrected chi connectivity index (χ2v) is 6.62. The van der Waals surface area contributed by atoms with Crippen LogP contribution in [0.15, 0.2) is 48.5 Å². The average molecular weight is 372 g/mol. The van der Waals surface area contributed by atoms with E-state index >= 15 is 0 Å². The maximum atomic E-state index is 11.9. The Bertz CT molecular complexity index is 728. The van der Waals surface area contributed by atoms with Crippen LogP contribution in [-0.4, -0.2) is 31.7 Å². The molecule has 1 amide bonds. The minimum absolute atomic E-state index is 0.125. The van der Waals surface area contributed by atoms with Gasteiger partial charge in [-0.1, -0.05) is 17.7 Å². The number of anilines is 2. The van der Waals surface area contributed by atoms with E-state index in [0.717, 1.165) is 17.1 Å². The summed E-state index contributed by atoms with van der Waals surface area (Å²) >= 11 is 5.18. The van der Waals surface area contributed by atoms with Crippen molar-refractivity contribution in [1.29, 1.82) is 0 Å². The van der Waals surface area contributed by atoms with Crippen LogP contribution >= 0.6 is 12.2 Å². The van der Waals surface area contributed by atoms with E-state index in [9.17, 15) is 4.79 Å².